The van der Waals surface area contributed by atoms with E-state index >= 15 is 0 Å². The molecule has 7 N–H and O–H groups in total. The summed E-state index contributed by atoms with van der Waals surface area (Å²) in [5, 5.41) is 57.0. The summed E-state index contributed by atoms with van der Waals surface area (Å²) in [7, 11) is 0. The number of hydrogen-bond acceptors (Lipinski definition) is 7. The Morgan fingerprint density at radius 3 is 1.87 bits per heavy atom. The highest BCUT2D eigenvalue weighted by molar-refractivity contribution is 5.89. The number of rotatable bonds is 8. The Morgan fingerprint density at radius 1 is 0.900 bits per heavy atom. The highest BCUT2D eigenvalue weighted by atomic mass is 16.4. The first-order valence-corrected chi connectivity index (χ1v) is 8.93. The van der Waals surface area contributed by atoms with Gasteiger partial charge in [0.25, 0.3) is 0 Å². The van der Waals surface area contributed by atoms with Crippen LogP contribution in [0.1, 0.15) is 24.2 Å². The maximum Gasteiger partial charge on any atom is 0.328 e. The van der Waals surface area contributed by atoms with E-state index in [-0.39, 0.29) is 23.3 Å². The quantitative estimate of drug-likeness (QED) is 0.315. The lowest BCUT2D eigenvalue weighted by molar-refractivity contribution is -0.134. The van der Waals surface area contributed by atoms with Crippen LogP contribution in [0.4, 0.5) is 0 Å². The van der Waals surface area contributed by atoms with Crippen LogP contribution >= 0.6 is 0 Å². The Balaban J connectivity index is 0.000000479. The van der Waals surface area contributed by atoms with Crippen LogP contribution in [0.2, 0.25) is 0 Å². The minimum absolute atomic E-state index is 0.0776. The number of nitrogens with one attached hydrogen (secondary N) is 1. The largest absolute Gasteiger partial charge is 0.508 e. The third kappa shape index (κ3) is 10.1. The van der Waals surface area contributed by atoms with Gasteiger partial charge in [-0.15, -0.1) is 0 Å². The summed E-state index contributed by atoms with van der Waals surface area (Å²) in [5.41, 5.74) is 1.55. The Morgan fingerprint density at radius 2 is 1.40 bits per heavy atom. The number of phenols is 3. The third-order valence-corrected chi connectivity index (χ3v) is 3.82. The van der Waals surface area contributed by atoms with Crippen molar-refractivity contribution in [2.24, 2.45) is 0 Å². The van der Waals surface area contributed by atoms with Gasteiger partial charge in [-0.1, -0.05) is 12.1 Å². The standard InChI is InChI=1S/C17H21NO4.C4H4O4/c1-11(6-12-2-4-14(19)5-3-12)18-10-17(22)13-7-15(20)9-16(21)8-13;5-3(6)1-2-4(7)8/h2-5,7-9,11,17-22H,6,10H2,1H3;1-2H,(H,5,6)(H,7,8)/b;2-1+/t11-,17-;/m1./s1. The number of carboxylic acids is 2. The van der Waals surface area contributed by atoms with Crippen molar-refractivity contribution in [3.8, 4) is 17.2 Å². The zero-order valence-electron chi connectivity index (χ0n) is 16.3. The van der Waals surface area contributed by atoms with Gasteiger partial charge in [-0.05, 0) is 48.7 Å². The van der Waals surface area contributed by atoms with Crippen molar-refractivity contribution in [3.63, 3.8) is 0 Å². The van der Waals surface area contributed by atoms with Gasteiger partial charge in [-0.2, -0.15) is 0 Å². The van der Waals surface area contributed by atoms with Gasteiger partial charge in [0, 0.05) is 30.8 Å². The van der Waals surface area contributed by atoms with Crippen molar-refractivity contribution in [3.05, 3.63) is 65.7 Å². The van der Waals surface area contributed by atoms with Gasteiger partial charge in [-0.3, -0.25) is 0 Å². The fourth-order valence-electron chi connectivity index (χ4n) is 2.44. The molecule has 0 saturated carbocycles. The van der Waals surface area contributed by atoms with E-state index in [1.807, 2.05) is 19.1 Å². The van der Waals surface area contributed by atoms with Crippen LogP contribution in [0.3, 0.4) is 0 Å². The van der Waals surface area contributed by atoms with Gasteiger partial charge < -0.3 is 36.0 Å². The van der Waals surface area contributed by atoms with Crippen LogP contribution in [0.5, 0.6) is 17.2 Å². The van der Waals surface area contributed by atoms with E-state index in [0.717, 1.165) is 12.0 Å². The van der Waals surface area contributed by atoms with Crippen LogP contribution in [-0.2, 0) is 16.0 Å². The second kappa shape index (κ2) is 12.1. The molecule has 0 bridgehead atoms. The van der Waals surface area contributed by atoms with Gasteiger partial charge in [-0.25, -0.2) is 9.59 Å². The fourth-order valence-corrected chi connectivity index (χ4v) is 2.44. The Labute approximate surface area is 173 Å². The molecule has 9 heteroatoms. The number of hydrogen-bond donors (Lipinski definition) is 7. The topological polar surface area (TPSA) is 168 Å². The summed E-state index contributed by atoms with van der Waals surface area (Å²) >= 11 is 0. The average Bonchev–Trinajstić information content (AvgIpc) is 2.66. The summed E-state index contributed by atoms with van der Waals surface area (Å²) < 4.78 is 0. The molecule has 0 fully saturated rings. The van der Waals surface area contributed by atoms with Gasteiger partial charge in [0.2, 0.25) is 0 Å². The molecular formula is C21H25NO8. The zero-order valence-corrected chi connectivity index (χ0v) is 16.3. The lowest BCUT2D eigenvalue weighted by atomic mass is 10.1. The molecule has 30 heavy (non-hydrogen) atoms. The molecule has 0 aliphatic carbocycles. The number of carboxylic acid groups (broad SMARTS) is 2. The summed E-state index contributed by atoms with van der Waals surface area (Å²) in [5.74, 6) is -2.43. The first kappa shape index (κ1) is 24.5. The number of aliphatic hydroxyl groups excluding tert-OH is 1. The number of aliphatic hydroxyl groups is 1. The van der Waals surface area contributed by atoms with E-state index in [0.29, 0.717) is 24.3 Å². The van der Waals surface area contributed by atoms with Crippen LogP contribution in [0.25, 0.3) is 0 Å². The maximum absolute atomic E-state index is 10.1. The molecule has 0 radical (unpaired) electrons. The maximum atomic E-state index is 10.1. The molecule has 0 aromatic heterocycles. The molecule has 0 amide bonds. The van der Waals surface area contributed by atoms with Gasteiger partial charge in [0.1, 0.15) is 17.2 Å². The van der Waals surface area contributed by atoms with Crippen molar-refractivity contribution in [1.29, 1.82) is 0 Å². The zero-order chi connectivity index (χ0) is 22.7. The minimum atomic E-state index is -1.26. The Hall–Kier alpha value is -3.56. The predicted octanol–water partition coefficient (Wildman–Crippen LogP) is 1.77. The van der Waals surface area contributed by atoms with E-state index < -0.39 is 18.0 Å². The average molecular weight is 419 g/mol. The molecule has 2 atom stereocenters. The van der Waals surface area contributed by atoms with Gasteiger partial charge in [0.05, 0.1) is 6.10 Å². The number of aromatic hydroxyl groups is 3. The van der Waals surface area contributed by atoms with Gasteiger partial charge >= 0.3 is 11.9 Å². The van der Waals surface area contributed by atoms with Crippen molar-refractivity contribution < 1.29 is 40.2 Å². The SMILES string of the molecule is C[C@H](Cc1ccc(O)cc1)NC[C@@H](O)c1cc(O)cc(O)c1.O=C(O)/C=C/C(=O)O. The molecule has 9 nitrogen and oxygen atoms in total. The third-order valence-electron chi connectivity index (χ3n) is 3.82. The Bertz CT molecular complexity index is 828. The molecule has 0 unspecified atom stereocenters. The van der Waals surface area contributed by atoms with Crippen molar-refractivity contribution in [2.75, 3.05) is 6.54 Å². The number of phenolic OH excluding ortho intramolecular Hbond substituents is 3. The normalized spacial score (nSPS) is 12.6. The molecule has 2 aromatic rings. The van der Waals surface area contributed by atoms with Crippen molar-refractivity contribution in [1.82, 2.24) is 5.32 Å². The smallest absolute Gasteiger partial charge is 0.328 e. The first-order chi connectivity index (χ1) is 14.1. The van der Waals surface area contributed by atoms with E-state index in [1.165, 1.54) is 18.2 Å². The van der Waals surface area contributed by atoms with E-state index in [2.05, 4.69) is 5.32 Å². The highest BCUT2D eigenvalue weighted by Crippen LogP contribution is 2.24. The fraction of sp³-hybridized carbons (Fsp3) is 0.238. The summed E-state index contributed by atoms with van der Waals surface area (Å²) in [6.45, 7) is 2.31. The summed E-state index contributed by atoms with van der Waals surface area (Å²) in [6, 6.07) is 11.2. The number of aliphatic carboxylic acids is 2. The number of carbonyl (C=O) groups is 2. The second-order valence-corrected chi connectivity index (χ2v) is 6.49. The van der Waals surface area contributed by atoms with Crippen LogP contribution in [-0.4, -0.2) is 55.2 Å². The lowest BCUT2D eigenvalue weighted by Gasteiger charge is -2.18. The molecule has 162 valence electrons. The molecule has 0 spiro atoms. The van der Waals surface area contributed by atoms with Crippen molar-refractivity contribution >= 4 is 11.9 Å². The first-order valence-electron chi connectivity index (χ1n) is 8.93. The molecule has 0 aliphatic rings. The molecule has 0 heterocycles. The molecular weight excluding hydrogens is 394 g/mol. The van der Waals surface area contributed by atoms with Crippen LogP contribution < -0.4 is 5.32 Å². The highest BCUT2D eigenvalue weighted by Gasteiger charge is 2.12. The summed E-state index contributed by atoms with van der Waals surface area (Å²) in [6.07, 6.45) is 1.06. The lowest BCUT2D eigenvalue weighted by Crippen LogP contribution is -2.32. The van der Waals surface area contributed by atoms with E-state index in [1.54, 1.807) is 12.1 Å². The molecule has 2 aromatic carbocycles. The van der Waals surface area contributed by atoms with Crippen molar-refractivity contribution in [2.45, 2.75) is 25.5 Å². The van der Waals surface area contributed by atoms with E-state index in [4.69, 9.17) is 10.2 Å². The number of benzene rings is 2. The minimum Gasteiger partial charge on any atom is -0.508 e. The summed E-state index contributed by atoms with van der Waals surface area (Å²) in [4.78, 5) is 19.1. The Kier molecular flexibility index (Phi) is 9.87. The monoisotopic (exact) mass is 419 g/mol. The van der Waals surface area contributed by atoms with Crippen LogP contribution in [0.15, 0.2) is 54.6 Å². The molecule has 2 rings (SSSR count). The van der Waals surface area contributed by atoms with Crippen LogP contribution in [0, 0.1) is 0 Å². The second-order valence-electron chi connectivity index (χ2n) is 6.49. The van der Waals surface area contributed by atoms with E-state index in [9.17, 15) is 30.0 Å². The predicted molar refractivity (Wildman–Crippen MR) is 108 cm³/mol. The molecule has 0 saturated heterocycles. The van der Waals surface area contributed by atoms with Gasteiger partial charge in [0.15, 0.2) is 0 Å². The molecule has 0 aliphatic heterocycles.